The lowest BCUT2D eigenvalue weighted by Gasteiger charge is -2.40. The molecule has 1 heterocycles. The van der Waals surface area contributed by atoms with Crippen LogP contribution in [0, 0.1) is 5.41 Å². The van der Waals surface area contributed by atoms with Crippen LogP contribution in [0.2, 0.25) is 0 Å². The van der Waals surface area contributed by atoms with Crippen LogP contribution in [-0.4, -0.2) is 54.8 Å². The monoisotopic (exact) mass is 446 g/mol. The summed E-state index contributed by atoms with van der Waals surface area (Å²) in [7, 11) is 0. The molecule has 1 aliphatic rings. The molecule has 0 aromatic carbocycles. The van der Waals surface area contributed by atoms with Gasteiger partial charge in [-0.25, -0.2) is 0 Å². The summed E-state index contributed by atoms with van der Waals surface area (Å²) in [6.45, 7) is 0.460. The minimum Gasteiger partial charge on any atom is -0.379 e. The molecule has 0 N–H and O–H groups in total. The Morgan fingerprint density at radius 3 is 1.46 bits per heavy atom. The van der Waals surface area contributed by atoms with Crippen LogP contribution < -0.4 is 0 Å². The zero-order valence-corrected chi connectivity index (χ0v) is 13.6. The minimum atomic E-state index is -7.93. The Hall–Kier alpha value is -1.28. The second-order valence-electron chi connectivity index (χ2n) is 6.48. The molecule has 0 amide bonds. The molecule has 1 saturated heterocycles. The smallest absolute Gasteiger partial charge is 0.379 e. The van der Waals surface area contributed by atoms with Crippen LogP contribution in [0.3, 0.4) is 0 Å². The molecule has 0 saturated carbocycles. The van der Waals surface area contributed by atoms with Crippen molar-refractivity contribution in [1.29, 1.82) is 0 Å². The van der Waals surface area contributed by atoms with Gasteiger partial charge in [0.2, 0.25) is 0 Å². The molecule has 0 aliphatic carbocycles. The molecule has 1 aliphatic heterocycles. The van der Waals surface area contributed by atoms with Gasteiger partial charge in [-0.15, -0.1) is 0 Å². The first-order valence-corrected chi connectivity index (χ1v) is 7.15. The van der Waals surface area contributed by atoms with Crippen molar-refractivity contribution in [3.8, 4) is 0 Å². The Morgan fingerprint density at radius 2 is 1.14 bits per heavy atom. The van der Waals surface area contributed by atoms with Crippen LogP contribution in [0.4, 0.5) is 57.1 Å². The second-order valence-corrected chi connectivity index (χ2v) is 6.48. The molecule has 2 nitrogen and oxygen atoms in total. The Balaban J connectivity index is 3.17. The molecule has 0 bridgehead atoms. The summed E-state index contributed by atoms with van der Waals surface area (Å²) >= 11 is 0. The molecule has 166 valence electrons. The van der Waals surface area contributed by atoms with Crippen molar-refractivity contribution in [3.63, 3.8) is 0 Å². The highest BCUT2D eigenvalue weighted by atomic mass is 19.4. The SMILES string of the molecule is CC1(C(=O)CCC(F)(F)C(F)(F)C(F)(F)C(F)(F)C(F)(F)C(F)(F)F)COC1. The van der Waals surface area contributed by atoms with E-state index in [2.05, 4.69) is 4.74 Å². The summed E-state index contributed by atoms with van der Waals surface area (Å²) in [6.07, 6.45) is -11.5. The maximum absolute atomic E-state index is 13.5. The summed E-state index contributed by atoms with van der Waals surface area (Å²) in [5, 5.41) is 0. The molecule has 0 aromatic heterocycles. The number of ketones is 1. The van der Waals surface area contributed by atoms with Gasteiger partial charge >= 0.3 is 35.8 Å². The fraction of sp³-hybridized carbons (Fsp3) is 0.923. The van der Waals surface area contributed by atoms with E-state index >= 15 is 0 Å². The van der Waals surface area contributed by atoms with E-state index < -0.39 is 59.8 Å². The summed E-state index contributed by atoms with van der Waals surface area (Å²) in [5.74, 6) is -38.3. The summed E-state index contributed by atoms with van der Waals surface area (Å²) in [6, 6.07) is 0. The lowest BCUT2D eigenvalue weighted by molar-refractivity contribution is -0.440. The van der Waals surface area contributed by atoms with E-state index in [0.29, 0.717) is 0 Å². The van der Waals surface area contributed by atoms with E-state index in [0.717, 1.165) is 6.92 Å². The first-order chi connectivity index (χ1) is 12.1. The maximum Gasteiger partial charge on any atom is 0.460 e. The lowest BCUT2D eigenvalue weighted by Crippen LogP contribution is -2.70. The normalized spacial score (nSPS) is 19.4. The summed E-state index contributed by atoms with van der Waals surface area (Å²) < 4.78 is 172. The minimum absolute atomic E-state index is 0.333. The van der Waals surface area contributed by atoms with E-state index in [1.165, 1.54) is 0 Å². The third-order valence-corrected chi connectivity index (χ3v) is 4.18. The van der Waals surface area contributed by atoms with Crippen molar-refractivity contribution in [2.75, 3.05) is 13.2 Å². The quantitative estimate of drug-likeness (QED) is 0.485. The van der Waals surface area contributed by atoms with Crippen LogP contribution >= 0.6 is 0 Å². The molecule has 0 atom stereocenters. The topological polar surface area (TPSA) is 26.3 Å². The van der Waals surface area contributed by atoms with E-state index in [9.17, 15) is 61.9 Å². The van der Waals surface area contributed by atoms with Gasteiger partial charge in [0.05, 0.1) is 18.6 Å². The zero-order valence-electron chi connectivity index (χ0n) is 13.6. The average Bonchev–Trinajstić information content (AvgIpc) is 2.48. The molecule has 0 aromatic rings. The van der Waals surface area contributed by atoms with Gasteiger partial charge in [0.15, 0.2) is 0 Å². The van der Waals surface area contributed by atoms with Gasteiger partial charge in [-0.2, -0.15) is 57.1 Å². The van der Waals surface area contributed by atoms with Crippen molar-refractivity contribution in [2.45, 2.75) is 55.6 Å². The number of ether oxygens (including phenoxy) is 1. The molecule has 1 rings (SSSR count). The standard InChI is InChI=1S/C13H11F13O2/c1-7(4-28-5-7)6(27)2-3-8(14,15)9(16,17)10(18,19)11(20,21)12(22,23)13(24,25)26/h2-5H2,1H3. The highest BCUT2D eigenvalue weighted by Crippen LogP contribution is 2.60. The van der Waals surface area contributed by atoms with E-state index in [1.54, 1.807) is 0 Å². The lowest BCUT2D eigenvalue weighted by atomic mass is 9.80. The Kier molecular flexibility index (Phi) is 5.85. The van der Waals surface area contributed by atoms with Gasteiger partial charge in [-0.05, 0) is 6.92 Å². The molecular weight excluding hydrogens is 435 g/mol. The van der Waals surface area contributed by atoms with Gasteiger partial charge in [-0.1, -0.05) is 0 Å². The first kappa shape index (κ1) is 24.8. The van der Waals surface area contributed by atoms with Gasteiger partial charge in [-0.3, -0.25) is 4.79 Å². The van der Waals surface area contributed by atoms with Gasteiger partial charge in [0, 0.05) is 12.8 Å². The highest BCUT2D eigenvalue weighted by Gasteiger charge is 2.90. The predicted octanol–water partition coefficient (Wildman–Crippen LogP) is 5.11. The molecule has 15 heteroatoms. The number of Topliss-reactive ketones (excluding diaryl/α,β-unsaturated/α-hetero) is 1. The number of alkyl halides is 13. The molecule has 28 heavy (non-hydrogen) atoms. The Bertz CT molecular complexity index is 604. The highest BCUT2D eigenvalue weighted by molar-refractivity contribution is 5.85. The summed E-state index contributed by atoms with van der Waals surface area (Å²) in [5.41, 5.74) is -1.43. The average molecular weight is 446 g/mol. The van der Waals surface area contributed by atoms with Crippen molar-refractivity contribution in [1.82, 2.24) is 0 Å². The fourth-order valence-corrected chi connectivity index (χ4v) is 2.10. The molecule has 0 unspecified atom stereocenters. The van der Waals surface area contributed by atoms with Gasteiger partial charge in [0.1, 0.15) is 5.78 Å². The predicted molar refractivity (Wildman–Crippen MR) is 64.0 cm³/mol. The zero-order chi connectivity index (χ0) is 22.6. The first-order valence-electron chi connectivity index (χ1n) is 7.15. The molecule has 1 fully saturated rings. The number of carbonyl (C=O) groups excluding carboxylic acids is 1. The third-order valence-electron chi connectivity index (χ3n) is 4.18. The van der Waals surface area contributed by atoms with Crippen molar-refractivity contribution in [3.05, 3.63) is 0 Å². The number of carbonyl (C=O) groups is 1. The molecule has 0 radical (unpaired) electrons. The Labute approximate surface area is 148 Å². The van der Waals surface area contributed by atoms with Crippen LogP contribution in [0.25, 0.3) is 0 Å². The fourth-order valence-electron chi connectivity index (χ4n) is 2.10. The maximum atomic E-state index is 13.5. The number of hydrogen-bond acceptors (Lipinski definition) is 2. The number of rotatable bonds is 8. The van der Waals surface area contributed by atoms with Gasteiger partial charge in [0.25, 0.3) is 0 Å². The van der Waals surface area contributed by atoms with E-state index in [-0.39, 0.29) is 13.2 Å². The molecular formula is C13H11F13O2. The molecule has 0 spiro atoms. The van der Waals surface area contributed by atoms with Crippen molar-refractivity contribution >= 4 is 5.78 Å². The van der Waals surface area contributed by atoms with Crippen molar-refractivity contribution in [2.24, 2.45) is 5.41 Å². The second kappa shape index (κ2) is 6.62. The van der Waals surface area contributed by atoms with E-state index in [1.807, 2.05) is 0 Å². The van der Waals surface area contributed by atoms with E-state index in [4.69, 9.17) is 0 Å². The largest absolute Gasteiger partial charge is 0.460 e. The van der Waals surface area contributed by atoms with Crippen LogP contribution in [0.5, 0.6) is 0 Å². The van der Waals surface area contributed by atoms with Crippen LogP contribution in [0.1, 0.15) is 19.8 Å². The number of hydrogen-bond donors (Lipinski definition) is 0. The number of halogens is 13. The Morgan fingerprint density at radius 1 is 0.750 bits per heavy atom. The van der Waals surface area contributed by atoms with Gasteiger partial charge < -0.3 is 4.74 Å². The van der Waals surface area contributed by atoms with Crippen LogP contribution in [-0.2, 0) is 9.53 Å². The summed E-state index contributed by atoms with van der Waals surface area (Å²) in [4.78, 5) is 11.6. The third kappa shape index (κ3) is 3.43. The van der Waals surface area contributed by atoms with Crippen LogP contribution in [0.15, 0.2) is 0 Å². The van der Waals surface area contributed by atoms with Crippen molar-refractivity contribution < 1.29 is 66.6 Å².